The van der Waals surface area contributed by atoms with Crippen LogP contribution in [0, 0.1) is 5.92 Å². The average Bonchev–Trinajstić information content (AvgIpc) is 3.12. The van der Waals surface area contributed by atoms with Crippen LogP contribution in [0.2, 0.25) is 0 Å². The van der Waals surface area contributed by atoms with Crippen LogP contribution in [0.25, 0.3) is 0 Å². The predicted molar refractivity (Wildman–Crippen MR) is 74.8 cm³/mol. The minimum Gasteiger partial charge on any atom is -0.381 e. The Morgan fingerprint density at radius 2 is 1.67 bits per heavy atom. The van der Waals surface area contributed by atoms with Crippen molar-refractivity contribution in [3.63, 3.8) is 0 Å². The summed E-state index contributed by atoms with van der Waals surface area (Å²) in [7, 11) is 0. The van der Waals surface area contributed by atoms with E-state index < -0.39 is 0 Å². The highest BCUT2D eigenvalue weighted by Gasteiger charge is 2.45. The van der Waals surface area contributed by atoms with Crippen LogP contribution >= 0.6 is 0 Å². The van der Waals surface area contributed by atoms with E-state index in [-0.39, 0.29) is 0 Å². The van der Waals surface area contributed by atoms with Crippen molar-refractivity contribution in [3.8, 4) is 0 Å². The lowest BCUT2D eigenvalue weighted by atomic mass is 10.0. The molecule has 18 heavy (non-hydrogen) atoms. The third-order valence-electron chi connectivity index (χ3n) is 4.38. The van der Waals surface area contributed by atoms with E-state index >= 15 is 0 Å². The Morgan fingerprint density at radius 1 is 0.889 bits per heavy atom. The topological polar surface area (TPSA) is 12.0 Å². The van der Waals surface area contributed by atoms with Gasteiger partial charge in [-0.2, -0.15) is 0 Å². The van der Waals surface area contributed by atoms with Gasteiger partial charge in [-0.25, -0.2) is 0 Å². The standard InChI is InChI=1S/C17H17N/c1-2-6-12(7-3-1)14-11-15(14)17-10-13-8-4-5-9-16(13)18-17/h1-9,14-15,17-18H,10-11H2. The van der Waals surface area contributed by atoms with E-state index in [9.17, 15) is 0 Å². The van der Waals surface area contributed by atoms with Gasteiger partial charge >= 0.3 is 0 Å². The number of rotatable bonds is 2. The van der Waals surface area contributed by atoms with Crippen LogP contribution in [0.5, 0.6) is 0 Å². The van der Waals surface area contributed by atoms with Crippen LogP contribution in [0.4, 0.5) is 5.69 Å². The SMILES string of the molecule is c1ccc(C2CC2C2Cc3ccccc3N2)cc1. The smallest absolute Gasteiger partial charge is 0.0375 e. The van der Waals surface area contributed by atoms with Gasteiger partial charge in [0.05, 0.1) is 0 Å². The summed E-state index contributed by atoms with van der Waals surface area (Å²) in [6, 6.07) is 20.3. The van der Waals surface area contributed by atoms with E-state index in [0.717, 1.165) is 11.8 Å². The summed E-state index contributed by atoms with van der Waals surface area (Å²) >= 11 is 0. The number of benzene rings is 2. The molecule has 2 aliphatic rings. The molecule has 1 N–H and O–H groups in total. The minimum atomic E-state index is 0.646. The Balaban J connectivity index is 1.50. The second kappa shape index (κ2) is 3.88. The van der Waals surface area contributed by atoms with Crippen molar-refractivity contribution in [2.75, 3.05) is 5.32 Å². The molecular formula is C17H17N. The summed E-state index contributed by atoms with van der Waals surface area (Å²) in [5.74, 6) is 1.60. The average molecular weight is 235 g/mol. The van der Waals surface area contributed by atoms with Crippen molar-refractivity contribution in [2.24, 2.45) is 5.92 Å². The van der Waals surface area contributed by atoms with Crippen molar-refractivity contribution in [1.82, 2.24) is 0 Å². The molecule has 1 saturated carbocycles. The zero-order valence-corrected chi connectivity index (χ0v) is 10.3. The van der Waals surface area contributed by atoms with Crippen molar-refractivity contribution < 1.29 is 0 Å². The third-order valence-corrected chi connectivity index (χ3v) is 4.38. The van der Waals surface area contributed by atoms with Crippen LogP contribution in [0.3, 0.4) is 0 Å². The Labute approximate surface area is 108 Å². The van der Waals surface area contributed by atoms with E-state index in [4.69, 9.17) is 0 Å². The monoisotopic (exact) mass is 235 g/mol. The molecular weight excluding hydrogens is 218 g/mol. The fourth-order valence-electron chi connectivity index (χ4n) is 3.33. The molecule has 0 spiro atoms. The molecule has 90 valence electrons. The van der Waals surface area contributed by atoms with Crippen LogP contribution in [0.1, 0.15) is 23.5 Å². The number of anilines is 1. The summed E-state index contributed by atoms with van der Waals surface area (Å²) < 4.78 is 0. The maximum Gasteiger partial charge on any atom is 0.0375 e. The molecule has 2 aromatic carbocycles. The van der Waals surface area contributed by atoms with Crippen molar-refractivity contribution in [2.45, 2.75) is 24.8 Å². The number of nitrogens with one attached hydrogen (secondary N) is 1. The largest absolute Gasteiger partial charge is 0.381 e. The molecule has 0 radical (unpaired) electrons. The highest BCUT2D eigenvalue weighted by Crippen LogP contribution is 2.52. The van der Waals surface area contributed by atoms with Gasteiger partial charge in [-0.1, -0.05) is 48.5 Å². The molecule has 0 aromatic heterocycles. The summed E-state index contributed by atoms with van der Waals surface area (Å²) in [4.78, 5) is 0. The van der Waals surface area contributed by atoms with Crippen molar-refractivity contribution in [1.29, 1.82) is 0 Å². The second-order valence-corrected chi connectivity index (χ2v) is 5.53. The van der Waals surface area contributed by atoms with Gasteiger partial charge in [-0.15, -0.1) is 0 Å². The lowest BCUT2D eigenvalue weighted by Gasteiger charge is -2.10. The molecule has 4 rings (SSSR count). The molecule has 1 aliphatic heterocycles. The zero-order chi connectivity index (χ0) is 11.9. The Bertz CT molecular complexity index is 536. The Kier molecular flexibility index (Phi) is 2.19. The molecule has 1 heterocycles. The van der Waals surface area contributed by atoms with E-state index in [2.05, 4.69) is 59.9 Å². The van der Waals surface area contributed by atoms with Gasteiger partial charge in [-0.05, 0) is 41.9 Å². The molecule has 0 bridgehead atoms. The molecule has 3 atom stereocenters. The van der Waals surface area contributed by atoms with Crippen LogP contribution < -0.4 is 5.32 Å². The molecule has 0 saturated heterocycles. The quantitative estimate of drug-likeness (QED) is 0.834. The fraction of sp³-hybridized carbons (Fsp3) is 0.294. The van der Waals surface area contributed by atoms with Gasteiger partial charge in [0.1, 0.15) is 0 Å². The van der Waals surface area contributed by atoms with E-state index in [1.807, 2.05) is 0 Å². The molecule has 1 heteroatoms. The number of para-hydroxylation sites is 1. The molecule has 0 amide bonds. The lowest BCUT2D eigenvalue weighted by molar-refractivity contribution is 0.641. The first-order valence-corrected chi connectivity index (χ1v) is 6.81. The fourth-order valence-corrected chi connectivity index (χ4v) is 3.33. The first kappa shape index (κ1) is 10.2. The summed E-state index contributed by atoms with van der Waals surface area (Å²) in [5, 5.41) is 3.70. The van der Waals surface area contributed by atoms with Crippen molar-refractivity contribution >= 4 is 5.69 Å². The maximum atomic E-state index is 3.70. The van der Waals surface area contributed by atoms with Gasteiger partial charge in [0.25, 0.3) is 0 Å². The summed E-state index contributed by atoms with van der Waals surface area (Å²) in [6.07, 6.45) is 2.54. The van der Waals surface area contributed by atoms with Gasteiger partial charge < -0.3 is 5.32 Å². The van der Waals surface area contributed by atoms with Crippen molar-refractivity contribution in [3.05, 3.63) is 65.7 Å². The first-order valence-electron chi connectivity index (χ1n) is 6.81. The molecule has 1 aliphatic carbocycles. The van der Waals surface area contributed by atoms with Gasteiger partial charge in [0, 0.05) is 11.7 Å². The Morgan fingerprint density at radius 3 is 2.50 bits per heavy atom. The van der Waals surface area contributed by atoms with Crippen LogP contribution in [-0.2, 0) is 6.42 Å². The molecule has 1 fully saturated rings. The molecule has 2 aromatic rings. The third kappa shape index (κ3) is 1.62. The highest BCUT2D eigenvalue weighted by atomic mass is 15.0. The predicted octanol–water partition coefficient (Wildman–Crippen LogP) is 3.83. The maximum absolute atomic E-state index is 3.70. The van der Waals surface area contributed by atoms with Gasteiger partial charge in [0.15, 0.2) is 0 Å². The van der Waals surface area contributed by atoms with Gasteiger partial charge in [-0.3, -0.25) is 0 Å². The van der Waals surface area contributed by atoms with Crippen LogP contribution in [-0.4, -0.2) is 6.04 Å². The van der Waals surface area contributed by atoms with E-state index in [1.54, 1.807) is 0 Å². The Hall–Kier alpha value is -1.76. The highest BCUT2D eigenvalue weighted by molar-refractivity contribution is 5.57. The zero-order valence-electron chi connectivity index (χ0n) is 10.3. The molecule has 3 unspecified atom stereocenters. The van der Waals surface area contributed by atoms with Crippen LogP contribution in [0.15, 0.2) is 54.6 Å². The normalized spacial score (nSPS) is 28.6. The van der Waals surface area contributed by atoms with E-state index in [1.165, 1.54) is 29.7 Å². The second-order valence-electron chi connectivity index (χ2n) is 5.53. The molecule has 1 nitrogen and oxygen atoms in total. The number of hydrogen-bond donors (Lipinski definition) is 1. The summed E-state index contributed by atoms with van der Waals surface area (Å²) in [6.45, 7) is 0. The van der Waals surface area contributed by atoms with E-state index in [0.29, 0.717) is 6.04 Å². The number of fused-ring (bicyclic) bond motifs is 1. The first-order chi connectivity index (χ1) is 8.92. The number of hydrogen-bond acceptors (Lipinski definition) is 1. The summed E-state index contributed by atoms with van der Waals surface area (Å²) in [5.41, 5.74) is 4.35. The lowest BCUT2D eigenvalue weighted by Crippen LogP contribution is -2.18. The van der Waals surface area contributed by atoms with Gasteiger partial charge in [0.2, 0.25) is 0 Å². The minimum absolute atomic E-state index is 0.646.